The maximum absolute atomic E-state index is 14.2. The molecule has 1 aliphatic heterocycles. The Morgan fingerprint density at radius 2 is 1.93 bits per heavy atom. The van der Waals surface area contributed by atoms with E-state index in [0.717, 1.165) is 16.5 Å². The molecule has 3 aromatic rings. The number of hydrogen-bond donors (Lipinski definition) is 1. The lowest BCUT2D eigenvalue weighted by Gasteiger charge is -2.13. The second kappa shape index (κ2) is 8.30. The molecule has 0 fully saturated rings. The van der Waals surface area contributed by atoms with Crippen molar-refractivity contribution in [3.05, 3.63) is 86.8 Å². The summed E-state index contributed by atoms with van der Waals surface area (Å²) in [4.78, 5) is 26.5. The van der Waals surface area contributed by atoms with E-state index in [9.17, 15) is 14.0 Å². The quantitative estimate of drug-likeness (QED) is 0.441. The Bertz CT molecular complexity index is 1150. The summed E-state index contributed by atoms with van der Waals surface area (Å²) in [6, 6.07) is 14.7. The van der Waals surface area contributed by atoms with Crippen LogP contribution >= 0.6 is 22.9 Å². The highest BCUT2D eigenvalue weighted by atomic mass is 35.5. The zero-order chi connectivity index (χ0) is 21.3. The second-order valence-electron chi connectivity index (χ2n) is 6.53. The minimum absolute atomic E-state index is 0.0786. The monoisotopic (exact) mass is 442 g/mol. The topological polar surface area (TPSA) is 72.6 Å². The number of benzene rings is 2. The summed E-state index contributed by atoms with van der Waals surface area (Å²) in [5.41, 5.74) is 6.91. The lowest BCUT2D eigenvalue weighted by molar-refractivity contribution is -0.112. The number of carbonyl (C=O) groups is 2. The number of ether oxygens (including phenoxy) is 1. The second-order valence-corrected chi connectivity index (χ2v) is 7.88. The molecular formula is C22H16ClFN2O3S. The molecule has 152 valence electrons. The van der Waals surface area contributed by atoms with Crippen LogP contribution in [0.25, 0.3) is 11.3 Å². The van der Waals surface area contributed by atoms with Gasteiger partial charge in [-0.25, -0.2) is 14.1 Å². The summed E-state index contributed by atoms with van der Waals surface area (Å²) in [6.45, 7) is 0.288. The predicted octanol–water partition coefficient (Wildman–Crippen LogP) is 5.09. The van der Waals surface area contributed by atoms with Crippen molar-refractivity contribution in [2.75, 3.05) is 11.5 Å². The molecule has 1 aliphatic rings. The van der Waals surface area contributed by atoms with Gasteiger partial charge in [0.2, 0.25) is 0 Å². The largest absolute Gasteiger partial charge is 0.491 e. The number of anilines is 1. The molecule has 0 unspecified atom stereocenters. The Kier molecular flexibility index (Phi) is 5.57. The number of urea groups is 1. The normalized spacial score (nSPS) is 14.6. The van der Waals surface area contributed by atoms with Crippen molar-refractivity contribution in [3.63, 3.8) is 0 Å². The molecule has 8 heteroatoms. The molecular weight excluding hydrogens is 427 g/mol. The molecule has 0 aliphatic carbocycles. The van der Waals surface area contributed by atoms with Crippen molar-refractivity contribution >= 4 is 51.9 Å². The van der Waals surface area contributed by atoms with E-state index in [-0.39, 0.29) is 34.2 Å². The number of thiophene rings is 1. The highest BCUT2D eigenvalue weighted by Gasteiger charge is 2.40. The van der Waals surface area contributed by atoms with Gasteiger partial charge in [0.15, 0.2) is 0 Å². The molecule has 1 aromatic heterocycles. The number of hydrogen-bond acceptors (Lipinski definition) is 4. The third kappa shape index (κ3) is 3.69. The summed E-state index contributed by atoms with van der Waals surface area (Å²) in [6.07, 6.45) is 0.610. The highest BCUT2D eigenvalue weighted by Crippen LogP contribution is 2.43. The van der Waals surface area contributed by atoms with Gasteiger partial charge in [0.05, 0.1) is 27.8 Å². The minimum Gasteiger partial charge on any atom is -0.491 e. The number of primary amides is 1. The van der Waals surface area contributed by atoms with Crippen LogP contribution in [0.5, 0.6) is 0 Å². The Morgan fingerprint density at radius 1 is 1.17 bits per heavy atom. The average molecular weight is 443 g/mol. The van der Waals surface area contributed by atoms with E-state index in [0.29, 0.717) is 11.3 Å². The van der Waals surface area contributed by atoms with Crippen LogP contribution in [0.4, 0.5) is 14.9 Å². The third-order valence-corrected chi connectivity index (χ3v) is 5.80. The SMILES string of the molecule is NC(=O)N1C(=O)C(=C(OCCc2ccccc2)c2cccs2)c2cc(F)c(Cl)cc21. The number of nitrogens with zero attached hydrogens (tertiary/aromatic N) is 1. The number of amides is 3. The molecule has 0 radical (unpaired) electrons. The summed E-state index contributed by atoms with van der Waals surface area (Å²) >= 11 is 7.25. The first-order valence-corrected chi connectivity index (χ1v) is 10.3. The van der Waals surface area contributed by atoms with Crippen LogP contribution in [0.15, 0.2) is 60.0 Å². The van der Waals surface area contributed by atoms with E-state index in [2.05, 4.69) is 0 Å². The van der Waals surface area contributed by atoms with Crippen LogP contribution in [-0.4, -0.2) is 18.5 Å². The van der Waals surface area contributed by atoms with Gasteiger partial charge < -0.3 is 10.5 Å². The van der Waals surface area contributed by atoms with Gasteiger partial charge in [0, 0.05) is 12.0 Å². The van der Waals surface area contributed by atoms with E-state index in [1.807, 2.05) is 41.8 Å². The number of halogens is 2. The third-order valence-electron chi connectivity index (χ3n) is 4.64. The van der Waals surface area contributed by atoms with Crippen molar-refractivity contribution in [1.82, 2.24) is 0 Å². The summed E-state index contributed by atoms with van der Waals surface area (Å²) in [5, 5.41) is 1.63. The molecule has 2 aromatic carbocycles. The Labute approximate surface area is 181 Å². The van der Waals surface area contributed by atoms with Gasteiger partial charge in [0.25, 0.3) is 5.91 Å². The fraction of sp³-hybridized carbons (Fsp3) is 0.0909. The van der Waals surface area contributed by atoms with E-state index >= 15 is 0 Å². The van der Waals surface area contributed by atoms with Crippen molar-refractivity contribution in [2.45, 2.75) is 6.42 Å². The number of imide groups is 1. The van der Waals surface area contributed by atoms with Gasteiger partial charge in [-0.15, -0.1) is 11.3 Å². The van der Waals surface area contributed by atoms with Gasteiger partial charge in [-0.2, -0.15) is 0 Å². The van der Waals surface area contributed by atoms with Crippen molar-refractivity contribution in [1.29, 1.82) is 0 Å². The molecule has 3 amide bonds. The summed E-state index contributed by atoms with van der Waals surface area (Å²) < 4.78 is 20.3. The molecule has 30 heavy (non-hydrogen) atoms. The first kappa shape index (κ1) is 20.1. The van der Waals surface area contributed by atoms with Crippen molar-refractivity contribution < 1.29 is 18.7 Å². The van der Waals surface area contributed by atoms with E-state index < -0.39 is 17.8 Å². The number of rotatable bonds is 5. The van der Waals surface area contributed by atoms with Crippen molar-refractivity contribution in [3.8, 4) is 0 Å². The Balaban J connectivity index is 1.80. The molecule has 0 saturated heterocycles. The van der Waals surface area contributed by atoms with Crippen molar-refractivity contribution in [2.24, 2.45) is 5.73 Å². The fourth-order valence-electron chi connectivity index (χ4n) is 3.29. The molecule has 2 heterocycles. The first-order chi connectivity index (χ1) is 14.5. The summed E-state index contributed by atoms with van der Waals surface area (Å²) in [5.74, 6) is -1.11. The van der Waals surface area contributed by atoms with E-state index in [1.54, 1.807) is 6.07 Å². The van der Waals surface area contributed by atoms with Gasteiger partial charge in [0.1, 0.15) is 11.6 Å². The predicted molar refractivity (Wildman–Crippen MR) is 116 cm³/mol. The summed E-state index contributed by atoms with van der Waals surface area (Å²) in [7, 11) is 0. The molecule has 4 rings (SSSR count). The van der Waals surface area contributed by atoms with E-state index in [4.69, 9.17) is 22.1 Å². The maximum Gasteiger partial charge on any atom is 0.326 e. The zero-order valence-corrected chi connectivity index (χ0v) is 17.2. The minimum atomic E-state index is -0.978. The van der Waals surface area contributed by atoms with Crippen LogP contribution < -0.4 is 10.6 Å². The first-order valence-electron chi connectivity index (χ1n) is 9.05. The lowest BCUT2D eigenvalue weighted by atomic mass is 10.0. The van der Waals surface area contributed by atoms with Gasteiger partial charge in [-0.1, -0.05) is 48.0 Å². The Hall–Kier alpha value is -3.16. The van der Waals surface area contributed by atoms with Crippen LogP contribution in [0.2, 0.25) is 5.02 Å². The molecule has 2 N–H and O–H groups in total. The van der Waals surface area contributed by atoms with Gasteiger partial charge >= 0.3 is 6.03 Å². The molecule has 0 atom stereocenters. The van der Waals surface area contributed by atoms with Crippen LogP contribution in [0, 0.1) is 5.82 Å². The number of fused-ring (bicyclic) bond motifs is 1. The number of nitrogens with two attached hydrogens (primary N) is 1. The Morgan fingerprint density at radius 3 is 2.60 bits per heavy atom. The maximum atomic E-state index is 14.2. The lowest BCUT2D eigenvalue weighted by Crippen LogP contribution is -2.38. The molecule has 5 nitrogen and oxygen atoms in total. The smallest absolute Gasteiger partial charge is 0.326 e. The standard InChI is InChI=1S/C22H16ClFN2O3S/c23-15-12-17-14(11-16(15)24)19(21(27)26(17)22(25)28)20(18-7-4-10-30-18)29-9-8-13-5-2-1-3-6-13/h1-7,10-12H,8-9H2,(H2,25,28). The van der Waals surface area contributed by atoms with Crippen LogP contribution in [-0.2, 0) is 16.0 Å². The van der Waals surface area contributed by atoms with Gasteiger partial charge in [-0.3, -0.25) is 4.79 Å². The molecule has 0 spiro atoms. The van der Waals surface area contributed by atoms with Crippen LogP contribution in [0.1, 0.15) is 16.0 Å². The van der Waals surface area contributed by atoms with Crippen LogP contribution in [0.3, 0.4) is 0 Å². The molecule has 0 bridgehead atoms. The van der Waals surface area contributed by atoms with Gasteiger partial charge in [-0.05, 0) is 29.1 Å². The van der Waals surface area contributed by atoms with E-state index in [1.165, 1.54) is 17.4 Å². The average Bonchev–Trinajstić information content (AvgIpc) is 3.34. The fourth-order valence-corrected chi connectivity index (χ4v) is 4.17. The number of carbonyl (C=O) groups excluding carboxylic acids is 2. The molecule has 0 saturated carbocycles. The zero-order valence-electron chi connectivity index (χ0n) is 15.6. The highest BCUT2D eigenvalue weighted by molar-refractivity contribution is 7.11.